The van der Waals surface area contributed by atoms with Crippen molar-refractivity contribution < 1.29 is 28.3 Å². The summed E-state index contributed by atoms with van der Waals surface area (Å²) >= 11 is 0. The predicted octanol–water partition coefficient (Wildman–Crippen LogP) is -0.649. The normalized spacial score (nSPS) is 52.9. The SMILES string of the molecule is [CH2-]C1(C)C2CCC1(C)C1(C2)OCO1.[Li+]. The van der Waals surface area contributed by atoms with Gasteiger partial charge in [-0.2, -0.15) is 0 Å². The third kappa shape index (κ3) is 0.877. The maximum absolute atomic E-state index is 5.69. The van der Waals surface area contributed by atoms with Crippen LogP contribution in [0.1, 0.15) is 33.1 Å². The molecule has 3 rings (SSSR count). The Hall–Kier alpha value is 0.517. The summed E-state index contributed by atoms with van der Waals surface area (Å²) in [7, 11) is 0. The van der Waals surface area contributed by atoms with E-state index >= 15 is 0 Å². The van der Waals surface area contributed by atoms with Crippen molar-refractivity contribution in [1.29, 1.82) is 0 Å². The van der Waals surface area contributed by atoms with Crippen LogP contribution in [-0.4, -0.2) is 12.6 Å². The number of rotatable bonds is 0. The average Bonchev–Trinajstić information content (AvgIpc) is 2.30. The van der Waals surface area contributed by atoms with E-state index in [2.05, 4.69) is 20.8 Å². The van der Waals surface area contributed by atoms with Gasteiger partial charge in [0.2, 0.25) is 0 Å². The number of hydrogen-bond acceptors (Lipinski definition) is 2. The molecular formula is C11H17LiO2. The van der Waals surface area contributed by atoms with Gasteiger partial charge in [-0.3, -0.25) is 0 Å². The fourth-order valence-electron chi connectivity index (χ4n) is 3.66. The minimum absolute atomic E-state index is 0. The van der Waals surface area contributed by atoms with Gasteiger partial charge in [-0.1, -0.05) is 26.2 Å². The molecule has 0 aromatic heterocycles. The van der Waals surface area contributed by atoms with Gasteiger partial charge in [0, 0.05) is 11.8 Å². The Balaban J connectivity index is 0.000000750. The molecule has 3 unspecified atom stereocenters. The van der Waals surface area contributed by atoms with Gasteiger partial charge in [0.25, 0.3) is 0 Å². The van der Waals surface area contributed by atoms with Crippen molar-refractivity contribution >= 4 is 0 Å². The molecule has 1 spiro atoms. The zero-order valence-electron chi connectivity index (χ0n) is 9.43. The molecule has 1 saturated heterocycles. The second-order valence-electron chi connectivity index (χ2n) is 5.35. The van der Waals surface area contributed by atoms with E-state index in [1.54, 1.807) is 0 Å². The van der Waals surface area contributed by atoms with Crippen molar-refractivity contribution in [3.8, 4) is 0 Å². The van der Waals surface area contributed by atoms with Gasteiger partial charge in [0.15, 0.2) is 12.6 Å². The molecule has 3 aliphatic rings. The molecule has 1 aliphatic heterocycles. The Morgan fingerprint density at radius 3 is 2.14 bits per heavy atom. The molecule has 3 atom stereocenters. The van der Waals surface area contributed by atoms with Crippen LogP contribution >= 0.6 is 0 Å². The average molecular weight is 188 g/mol. The third-order valence-corrected chi connectivity index (χ3v) is 5.09. The van der Waals surface area contributed by atoms with Crippen LogP contribution in [0, 0.1) is 23.7 Å². The maximum atomic E-state index is 5.69. The van der Waals surface area contributed by atoms with Crippen LogP contribution in [0.2, 0.25) is 0 Å². The maximum Gasteiger partial charge on any atom is 1.00 e. The summed E-state index contributed by atoms with van der Waals surface area (Å²) in [6.45, 7) is 9.42. The summed E-state index contributed by atoms with van der Waals surface area (Å²) in [6.07, 6.45) is 3.56. The summed E-state index contributed by atoms with van der Waals surface area (Å²) in [5, 5.41) is 0. The molecule has 0 aromatic carbocycles. The van der Waals surface area contributed by atoms with Gasteiger partial charge in [-0.15, -0.1) is 5.41 Å². The Morgan fingerprint density at radius 1 is 1.29 bits per heavy atom. The fraction of sp³-hybridized carbons (Fsp3) is 0.909. The van der Waals surface area contributed by atoms with E-state index in [-0.39, 0.29) is 35.5 Å². The molecule has 3 fully saturated rings. The van der Waals surface area contributed by atoms with Crippen LogP contribution in [-0.2, 0) is 9.47 Å². The summed E-state index contributed by atoms with van der Waals surface area (Å²) in [5.41, 5.74) is 0.288. The molecule has 2 aliphatic carbocycles. The van der Waals surface area contributed by atoms with Crippen LogP contribution < -0.4 is 18.9 Å². The molecule has 74 valence electrons. The fourth-order valence-corrected chi connectivity index (χ4v) is 3.66. The first-order valence-corrected chi connectivity index (χ1v) is 5.15. The zero-order chi connectivity index (χ0) is 9.32. The molecule has 0 N–H and O–H groups in total. The van der Waals surface area contributed by atoms with E-state index < -0.39 is 0 Å². The van der Waals surface area contributed by atoms with E-state index in [0.29, 0.717) is 12.7 Å². The summed E-state index contributed by atoms with van der Waals surface area (Å²) in [5.74, 6) is 0.435. The molecule has 2 saturated carbocycles. The van der Waals surface area contributed by atoms with Crippen molar-refractivity contribution in [2.75, 3.05) is 6.79 Å². The van der Waals surface area contributed by atoms with E-state index in [0.717, 1.165) is 6.42 Å². The smallest absolute Gasteiger partial charge is 0.336 e. The Labute approximate surface area is 97.9 Å². The van der Waals surface area contributed by atoms with Gasteiger partial charge in [-0.25, -0.2) is 0 Å². The monoisotopic (exact) mass is 188 g/mol. The quantitative estimate of drug-likeness (QED) is 0.371. The number of hydrogen-bond donors (Lipinski definition) is 0. The van der Waals surface area contributed by atoms with Crippen LogP contribution in [0.15, 0.2) is 0 Å². The van der Waals surface area contributed by atoms with E-state index in [9.17, 15) is 0 Å². The number of ether oxygens (including phenoxy) is 2. The predicted molar refractivity (Wildman–Crippen MR) is 48.7 cm³/mol. The van der Waals surface area contributed by atoms with Gasteiger partial charge >= 0.3 is 18.9 Å². The van der Waals surface area contributed by atoms with Gasteiger partial charge < -0.3 is 16.4 Å². The summed E-state index contributed by atoms with van der Waals surface area (Å²) in [6, 6.07) is 0. The first-order valence-electron chi connectivity index (χ1n) is 5.15. The molecule has 3 heteroatoms. The van der Waals surface area contributed by atoms with Crippen molar-refractivity contribution in [3.05, 3.63) is 6.92 Å². The Kier molecular flexibility index (Phi) is 2.20. The minimum Gasteiger partial charge on any atom is -0.336 e. The van der Waals surface area contributed by atoms with Crippen molar-refractivity contribution in [1.82, 2.24) is 0 Å². The first kappa shape index (κ1) is 11.0. The molecule has 0 aromatic rings. The second kappa shape index (κ2) is 2.80. The van der Waals surface area contributed by atoms with E-state index in [1.165, 1.54) is 12.8 Å². The summed E-state index contributed by atoms with van der Waals surface area (Å²) in [4.78, 5) is 0. The zero-order valence-corrected chi connectivity index (χ0v) is 9.43. The van der Waals surface area contributed by atoms with Gasteiger partial charge in [0.05, 0.1) is 0 Å². The molecule has 0 radical (unpaired) electrons. The van der Waals surface area contributed by atoms with Crippen molar-refractivity contribution in [2.45, 2.75) is 38.9 Å². The topological polar surface area (TPSA) is 18.5 Å². The van der Waals surface area contributed by atoms with E-state index in [4.69, 9.17) is 9.47 Å². The molecule has 0 amide bonds. The van der Waals surface area contributed by atoms with Crippen LogP contribution in [0.25, 0.3) is 0 Å². The summed E-state index contributed by atoms with van der Waals surface area (Å²) < 4.78 is 11.4. The molecular weight excluding hydrogens is 171 g/mol. The van der Waals surface area contributed by atoms with Crippen molar-refractivity contribution in [3.63, 3.8) is 0 Å². The molecule has 2 nitrogen and oxygen atoms in total. The Bertz CT molecular complexity index is 260. The number of fused-ring (bicyclic) bond motifs is 3. The largest absolute Gasteiger partial charge is 1.00 e. The van der Waals surface area contributed by atoms with Crippen LogP contribution in [0.5, 0.6) is 0 Å². The van der Waals surface area contributed by atoms with E-state index in [1.807, 2.05) is 0 Å². The minimum atomic E-state index is -0.258. The Morgan fingerprint density at radius 2 is 1.93 bits per heavy atom. The standard InChI is InChI=1S/C11H17O2.Li/c1-9(2)8-4-5-10(9,3)11(6-8)12-7-13-11;/h8H,1,4-7H2,2-3H3;/q-1;+1. The second-order valence-corrected chi connectivity index (χ2v) is 5.35. The van der Waals surface area contributed by atoms with Gasteiger partial charge in [0.1, 0.15) is 0 Å². The van der Waals surface area contributed by atoms with Crippen LogP contribution in [0.4, 0.5) is 0 Å². The van der Waals surface area contributed by atoms with Gasteiger partial charge in [-0.05, 0) is 6.42 Å². The third-order valence-electron chi connectivity index (χ3n) is 5.09. The molecule has 1 heterocycles. The van der Waals surface area contributed by atoms with Crippen LogP contribution in [0.3, 0.4) is 0 Å². The first-order chi connectivity index (χ1) is 6.02. The van der Waals surface area contributed by atoms with Crippen molar-refractivity contribution in [2.24, 2.45) is 16.7 Å². The molecule has 14 heavy (non-hydrogen) atoms. The molecule has 2 bridgehead atoms.